The molecular weight excluding hydrogens is 425 g/mol. The van der Waals surface area contributed by atoms with Gasteiger partial charge in [0.1, 0.15) is 5.82 Å². The van der Waals surface area contributed by atoms with Crippen LogP contribution in [-0.4, -0.2) is 64.0 Å². The molecule has 1 aliphatic rings. The van der Waals surface area contributed by atoms with Gasteiger partial charge in [0, 0.05) is 11.0 Å². The van der Waals surface area contributed by atoms with Gasteiger partial charge in [-0.2, -0.15) is 8.42 Å². The molecule has 1 heterocycles. The van der Waals surface area contributed by atoms with Crippen molar-refractivity contribution in [2.45, 2.75) is 0 Å². The summed E-state index contributed by atoms with van der Waals surface area (Å²) < 4.78 is 45.6. The van der Waals surface area contributed by atoms with Gasteiger partial charge in [-0.15, -0.1) is 0 Å². The zero-order valence-corrected chi connectivity index (χ0v) is 14.4. The van der Waals surface area contributed by atoms with E-state index in [0.717, 1.165) is 13.1 Å². The van der Waals surface area contributed by atoms with E-state index in [1.54, 1.807) is 12.1 Å². The topological polar surface area (TPSA) is 269 Å². The fourth-order valence-electron chi connectivity index (χ4n) is 1.22. The van der Waals surface area contributed by atoms with Gasteiger partial charge in [0.05, 0.1) is 12.2 Å². The average Bonchev–Trinajstić information content (AvgIpc) is 2.74. The normalized spacial score (nSPS) is 11.1. The smallest absolute Gasteiger partial charge is 0.394 e. The van der Waals surface area contributed by atoms with Crippen molar-refractivity contribution in [3.8, 4) is 0 Å². The van der Waals surface area contributed by atoms with Gasteiger partial charge in [-0.25, -0.2) is 4.39 Å². The van der Waals surface area contributed by atoms with Gasteiger partial charge in [-0.05, 0) is 28.1 Å². The van der Waals surface area contributed by atoms with Crippen LogP contribution in [0.25, 0.3) is 0 Å². The zero-order valence-electron chi connectivity index (χ0n) is 12.0. The first-order valence-corrected chi connectivity index (χ1v) is 7.15. The quantitative estimate of drug-likeness (QED) is 0.330. The van der Waals surface area contributed by atoms with Crippen LogP contribution < -0.4 is 10.6 Å². The summed E-state index contributed by atoms with van der Waals surface area (Å²) in [5, 5.41) is 5.91. The second-order valence-electron chi connectivity index (χ2n) is 3.33. The summed E-state index contributed by atoms with van der Waals surface area (Å²) in [6.07, 6.45) is 0. The number of hydrogen-bond donors (Lipinski definition) is 4. The van der Waals surface area contributed by atoms with E-state index in [2.05, 4.69) is 31.6 Å². The van der Waals surface area contributed by atoms with Crippen molar-refractivity contribution in [1.82, 2.24) is 5.32 Å². The molecule has 1 aromatic carbocycles. The zero-order chi connectivity index (χ0) is 14.5. The number of nitrogens with zero attached hydrogens (tertiary/aromatic N) is 1. The number of aliphatic imine (C=N–C) groups is 1. The number of guanidine groups is 1. The van der Waals surface area contributed by atoms with Gasteiger partial charge < -0.3 is 38.0 Å². The van der Waals surface area contributed by atoms with Crippen molar-refractivity contribution in [3.63, 3.8) is 0 Å². The molecule has 2 rings (SSSR count). The molecule has 0 saturated heterocycles. The number of para-hydroxylation sites is 1. The summed E-state index contributed by atoms with van der Waals surface area (Å²) >= 11 is 3.27. The summed E-state index contributed by atoms with van der Waals surface area (Å²) in [5.74, 6) is 0.326. The Morgan fingerprint density at radius 1 is 1.17 bits per heavy atom. The number of anilines is 1. The predicted octanol–water partition coefficient (Wildman–Crippen LogP) is -2.82. The van der Waals surface area contributed by atoms with E-state index in [9.17, 15) is 4.39 Å². The molecular formula is C9H21BrFN3O9S. The molecule has 0 aromatic heterocycles. The van der Waals surface area contributed by atoms with E-state index in [1.807, 2.05) is 0 Å². The third kappa shape index (κ3) is 14.2. The van der Waals surface area contributed by atoms with Gasteiger partial charge in [-0.3, -0.25) is 14.1 Å². The first kappa shape index (κ1) is 34.0. The van der Waals surface area contributed by atoms with Crippen LogP contribution in [0.5, 0.6) is 0 Å². The van der Waals surface area contributed by atoms with Crippen LogP contribution in [0, 0.1) is 5.82 Å². The lowest BCUT2D eigenvalue weighted by molar-refractivity contribution is 0.381. The molecule has 0 atom stereocenters. The van der Waals surface area contributed by atoms with E-state index in [-0.39, 0.29) is 33.2 Å². The van der Waals surface area contributed by atoms with Crippen molar-refractivity contribution < 1.29 is 49.3 Å². The van der Waals surface area contributed by atoms with E-state index in [4.69, 9.17) is 17.5 Å². The maximum atomic E-state index is 13.3. The van der Waals surface area contributed by atoms with Gasteiger partial charge >= 0.3 is 10.4 Å². The van der Waals surface area contributed by atoms with Crippen molar-refractivity contribution in [2.24, 2.45) is 4.99 Å². The third-order valence-corrected chi connectivity index (χ3v) is 2.54. The van der Waals surface area contributed by atoms with Crippen LogP contribution in [0.1, 0.15) is 0 Å². The van der Waals surface area contributed by atoms with Crippen LogP contribution in [0.4, 0.5) is 10.1 Å². The summed E-state index contributed by atoms with van der Waals surface area (Å²) in [6.45, 7) is 1.53. The van der Waals surface area contributed by atoms with Crippen molar-refractivity contribution in [3.05, 3.63) is 28.5 Å². The fourth-order valence-corrected chi connectivity index (χ4v) is 1.66. The summed E-state index contributed by atoms with van der Waals surface area (Å²) in [6, 6.07) is 4.83. The predicted molar refractivity (Wildman–Crippen MR) is 90.3 cm³/mol. The maximum absolute atomic E-state index is 13.3. The average molecular weight is 446 g/mol. The highest BCUT2D eigenvalue weighted by molar-refractivity contribution is 9.10. The van der Waals surface area contributed by atoms with E-state index < -0.39 is 10.4 Å². The Labute approximate surface area is 145 Å². The van der Waals surface area contributed by atoms with Crippen LogP contribution >= 0.6 is 15.9 Å². The van der Waals surface area contributed by atoms with E-state index in [0.29, 0.717) is 16.1 Å². The number of halogens is 2. The Balaban J connectivity index is -0.000000108. The highest BCUT2D eigenvalue weighted by Gasteiger charge is 2.10. The minimum Gasteiger partial charge on any atom is -0.412 e. The molecule has 0 bridgehead atoms. The second kappa shape index (κ2) is 15.1. The lowest BCUT2D eigenvalue weighted by Crippen LogP contribution is -2.26. The molecule has 0 unspecified atom stereocenters. The lowest BCUT2D eigenvalue weighted by Gasteiger charge is -2.09. The highest BCUT2D eigenvalue weighted by atomic mass is 79.9. The molecule has 0 amide bonds. The number of nitrogens with one attached hydrogen (secondary N) is 2. The first-order chi connectivity index (χ1) is 8.77. The highest BCUT2D eigenvalue weighted by Crippen LogP contribution is 2.24. The summed E-state index contributed by atoms with van der Waals surface area (Å²) in [7, 11) is -4.67. The largest absolute Gasteiger partial charge is 0.412 e. The van der Waals surface area contributed by atoms with Gasteiger partial charge in [0.15, 0.2) is 5.96 Å². The lowest BCUT2D eigenvalue weighted by atomic mass is 10.3. The number of hydrogen-bond acceptors (Lipinski definition) is 5. The van der Waals surface area contributed by atoms with Crippen LogP contribution in [0.3, 0.4) is 0 Å². The van der Waals surface area contributed by atoms with Crippen LogP contribution in [0.15, 0.2) is 27.7 Å². The Morgan fingerprint density at radius 2 is 1.67 bits per heavy atom. The van der Waals surface area contributed by atoms with E-state index >= 15 is 0 Å². The van der Waals surface area contributed by atoms with Crippen LogP contribution in [0.2, 0.25) is 0 Å². The Kier molecular flexibility index (Phi) is 21.4. The third-order valence-electron chi connectivity index (χ3n) is 1.88. The SMILES string of the molecule is Fc1cccc(Br)c1NC1=NCCN1.O.O.O.O.O.O=S(=O)(O)O. The minimum absolute atomic E-state index is 0. The second-order valence-corrected chi connectivity index (χ2v) is 5.08. The van der Waals surface area contributed by atoms with Gasteiger partial charge in [0.25, 0.3) is 0 Å². The van der Waals surface area contributed by atoms with Crippen molar-refractivity contribution >= 4 is 38.0 Å². The molecule has 0 aliphatic carbocycles. The molecule has 24 heavy (non-hydrogen) atoms. The van der Waals surface area contributed by atoms with Gasteiger partial charge in [-0.1, -0.05) is 6.07 Å². The molecule has 1 aliphatic heterocycles. The molecule has 12 nitrogen and oxygen atoms in total. The minimum atomic E-state index is -4.67. The van der Waals surface area contributed by atoms with Gasteiger partial charge in [0.2, 0.25) is 0 Å². The number of rotatable bonds is 1. The fraction of sp³-hybridized carbons (Fsp3) is 0.222. The molecule has 0 spiro atoms. The Morgan fingerprint density at radius 3 is 2.04 bits per heavy atom. The molecule has 15 heteroatoms. The number of benzene rings is 1. The molecule has 0 fully saturated rings. The Hall–Kier alpha value is -1.43. The maximum Gasteiger partial charge on any atom is 0.394 e. The van der Waals surface area contributed by atoms with Crippen molar-refractivity contribution in [1.29, 1.82) is 0 Å². The van der Waals surface area contributed by atoms with E-state index in [1.165, 1.54) is 6.07 Å². The van der Waals surface area contributed by atoms with Crippen molar-refractivity contribution in [2.75, 3.05) is 18.4 Å². The molecule has 14 N–H and O–H groups in total. The summed E-state index contributed by atoms with van der Waals surface area (Å²) in [4.78, 5) is 4.12. The Bertz CT molecular complexity index is 559. The first-order valence-electron chi connectivity index (χ1n) is 4.96. The monoisotopic (exact) mass is 445 g/mol. The summed E-state index contributed by atoms with van der Waals surface area (Å²) in [5.41, 5.74) is 0.417. The molecule has 1 aromatic rings. The standard InChI is InChI=1S/C9H9BrFN3.H2O4S.5H2O/c10-6-2-1-3-7(11)8(6)14-9-12-4-5-13-9;1-5(2,3)4;;;;;/h1-3H,4-5H2,(H2,12,13,14);(H2,1,2,3,4);5*1H2. The molecule has 0 radical (unpaired) electrons. The molecule has 146 valence electrons. The van der Waals surface area contributed by atoms with Crippen LogP contribution in [-0.2, 0) is 10.4 Å². The molecule has 0 saturated carbocycles.